The van der Waals surface area contributed by atoms with Crippen LogP contribution in [0.25, 0.3) is 5.69 Å². The molecule has 13 heteroatoms. The number of aromatic nitrogens is 2. The second-order valence-corrected chi connectivity index (χ2v) is 9.02. The number of nitrogens with zero attached hydrogens (tertiary/aromatic N) is 4. The topological polar surface area (TPSA) is 165 Å². The lowest BCUT2D eigenvalue weighted by molar-refractivity contribution is -0.119. The lowest BCUT2D eigenvalue weighted by atomic mass is 10.0. The van der Waals surface area contributed by atoms with Crippen LogP contribution >= 0.6 is 0 Å². The van der Waals surface area contributed by atoms with Gasteiger partial charge in [-0.2, -0.15) is 13.5 Å². The number of benzene rings is 2. The molecule has 12 nitrogen and oxygen atoms in total. The summed E-state index contributed by atoms with van der Waals surface area (Å²) in [7, 11) is -4.78. The van der Waals surface area contributed by atoms with Crippen LogP contribution in [0.4, 0.5) is 11.4 Å². The Morgan fingerprint density at radius 2 is 1.59 bits per heavy atom. The average Bonchev–Trinajstić information content (AvgIpc) is 3.29. The molecule has 0 spiro atoms. The van der Waals surface area contributed by atoms with Gasteiger partial charge in [0.25, 0.3) is 11.8 Å². The van der Waals surface area contributed by atoms with Gasteiger partial charge in [0.1, 0.15) is 11.4 Å². The van der Waals surface area contributed by atoms with Crippen LogP contribution in [0.3, 0.4) is 0 Å². The zero-order chi connectivity index (χ0) is 31.7. The summed E-state index contributed by atoms with van der Waals surface area (Å²) in [6, 6.07) is 10.5. The van der Waals surface area contributed by atoms with Crippen molar-refractivity contribution in [1.82, 2.24) is 9.78 Å². The van der Waals surface area contributed by atoms with E-state index in [-0.39, 0.29) is 47.0 Å². The summed E-state index contributed by atoms with van der Waals surface area (Å²) in [5.74, 6) is -2.65. The van der Waals surface area contributed by atoms with E-state index in [2.05, 4.69) is 9.28 Å². The van der Waals surface area contributed by atoms with Crippen LogP contribution in [0, 0.1) is 0 Å². The van der Waals surface area contributed by atoms with E-state index >= 15 is 0 Å². The third-order valence-corrected chi connectivity index (χ3v) is 6.10. The van der Waals surface area contributed by atoms with Gasteiger partial charge in [0.2, 0.25) is 5.91 Å². The molecule has 37 heavy (non-hydrogen) atoms. The second-order valence-electron chi connectivity index (χ2n) is 8.00. The minimum atomic E-state index is -4.78. The first kappa shape index (κ1) is 18.1. The molecule has 1 fully saturated rings. The quantitative estimate of drug-likeness (QED) is 0.359. The Labute approximate surface area is 220 Å². The van der Waals surface area contributed by atoms with Gasteiger partial charge >= 0.3 is 10.4 Å². The maximum atomic E-state index is 13.8. The van der Waals surface area contributed by atoms with E-state index in [0.29, 0.717) is 10.6 Å². The fraction of sp³-hybridized carbons (Fsp3) is 0.250. The Morgan fingerprint density at radius 1 is 0.973 bits per heavy atom. The van der Waals surface area contributed by atoms with E-state index in [1.807, 2.05) is 0 Å². The number of primary amides is 1. The van der Waals surface area contributed by atoms with Gasteiger partial charge in [0, 0.05) is 44.6 Å². The molecule has 3 N–H and O–H groups in total. The van der Waals surface area contributed by atoms with Gasteiger partial charge < -0.3 is 19.7 Å². The summed E-state index contributed by atoms with van der Waals surface area (Å²) in [6.45, 7) is -2.94. The van der Waals surface area contributed by atoms with Gasteiger partial charge in [-0.1, -0.05) is 0 Å². The van der Waals surface area contributed by atoms with Crippen molar-refractivity contribution in [3.63, 3.8) is 0 Å². The Kier molecular flexibility index (Phi) is 4.56. The van der Waals surface area contributed by atoms with Crippen LogP contribution in [-0.4, -0.2) is 53.5 Å². The monoisotopic (exact) mass is 532 g/mol. The number of hydrogen-bond donors (Lipinski definition) is 2. The molecule has 0 bridgehead atoms. The number of amides is 3. The SMILES string of the molecule is [2H]C1([2H])C[13C](=O)N(c2ccc(N3CCc4c(C(N)=O)nn(-c5ccc(OS(=O)(=O)O)cc5)c4C3=O)cc2)C([2H])([2H])C1([2H])[2H]. The molecular weight excluding hydrogens is 503 g/mol. The molecule has 0 saturated carbocycles. The van der Waals surface area contributed by atoms with E-state index in [1.54, 1.807) is 0 Å². The zero-order valence-corrected chi connectivity index (χ0v) is 19.7. The fourth-order valence-corrected chi connectivity index (χ4v) is 4.46. The molecule has 0 aliphatic carbocycles. The number of fused-ring (bicyclic) bond motifs is 1. The largest absolute Gasteiger partial charge is 0.446 e. The lowest BCUT2D eigenvalue weighted by Gasteiger charge is -2.29. The van der Waals surface area contributed by atoms with Gasteiger partial charge in [0.15, 0.2) is 5.69 Å². The molecular formula is C24H23N5O7S. The maximum absolute atomic E-state index is 13.8. The lowest BCUT2D eigenvalue weighted by Crippen LogP contribution is -2.39. The van der Waals surface area contributed by atoms with E-state index in [0.717, 1.165) is 4.68 Å². The Morgan fingerprint density at radius 3 is 2.22 bits per heavy atom. The van der Waals surface area contributed by atoms with E-state index in [4.69, 9.17) is 18.5 Å². The summed E-state index contributed by atoms with van der Waals surface area (Å²) in [6.07, 6.45) is -6.48. The number of piperidine rings is 1. The van der Waals surface area contributed by atoms with Crippen LogP contribution in [0.1, 0.15) is 53.9 Å². The third kappa shape index (κ3) is 4.78. The number of nitrogens with two attached hydrogens (primary N) is 1. The number of carbonyl (C=O) groups excluding carboxylic acids is 3. The molecule has 5 rings (SSSR count). The minimum absolute atomic E-state index is 0.00876. The predicted octanol–water partition coefficient (Wildman–Crippen LogP) is 1.87. The van der Waals surface area contributed by atoms with E-state index in [1.165, 1.54) is 53.4 Å². The normalized spacial score (nSPS) is 22.5. The van der Waals surface area contributed by atoms with Crippen LogP contribution in [0.15, 0.2) is 48.5 Å². The van der Waals surface area contributed by atoms with Crippen molar-refractivity contribution in [3.05, 3.63) is 65.5 Å². The Hall–Kier alpha value is -4.23. The molecule has 3 aromatic rings. The predicted molar refractivity (Wildman–Crippen MR) is 132 cm³/mol. The van der Waals surface area contributed by atoms with Crippen LogP contribution < -0.4 is 19.7 Å². The number of carbonyl (C=O) groups is 3. The molecule has 3 heterocycles. The van der Waals surface area contributed by atoms with Crippen molar-refractivity contribution >= 4 is 39.5 Å². The summed E-state index contributed by atoms with van der Waals surface area (Å²) in [5, 5.41) is 4.20. The van der Waals surface area contributed by atoms with Gasteiger partial charge in [-0.25, -0.2) is 4.68 Å². The van der Waals surface area contributed by atoms with Crippen molar-refractivity contribution in [3.8, 4) is 11.4 Å². The van der Waals surface area contributed by atoms with Crippen molar-refractivity contribution in [2.45, 2.75) is 25.6 Å². The maximum Gasteiger partial charge on any atom is 0.446 e. The molecule has 2 aliphatic rings. The van der Waals surface area contributed by atoms with Crippen molar-refractivity contribution in [2.75, 3.05) is 22.8 Å². The molecule has 192 valence electrons. The van der Waals surface area contributed by atoms with Gasteiger partial charge in [-0.05, 0) is 67.7 Å². The minimum Gasteiger partial charge on any atom is -0.364 e. The van der Waals surface area contributed by atoms with Gasteiger partial charge in [0.05, 0.1) is 5.69 Å². The summed E-state index contributed by atoms with van der Waals surface area (Å²) in [5.41, 5.74) is 6.14. The average molecular weight is 533 g/mol. The molecule has 1 saturated heterocycles. The zero-order valence-electron chi connectivity index (χ0n) is 24.9. The standard InChI is InChI=1S/C24H23N5O7S/c25-23(31)21-19-12-14-28(16-6-4-15(5-7-16)27-13-2-1-3-20(27)30)24(32)22(19)29(26-21)17-8-10-18(11-9-17)36-37(33,34)35/h4-11H,1-3,12-14H2,(H2,25,31)(H,33,34,35)/i1D2,2D2,13D2,20+1. The number of hydrogen-bond acceptors (Lipinski definition) is 7. The van der Waals surface area contributed by atoms with Crippen LogP contribution in [0.2, 0.25) is 0 Å². The van der Waals surface area contributed by atoms with Gasteiger partial charge in [-0.3, -0.25) is 18.9 Å². The first-order chi connectivity index (χ1) is 19.9. The highest BCUT2D eigenvalue weighted by Crippen LogP contribution is 2.31. The summed E-state index contributed by atoms with van der Waals surface area (Å²) in [4.78, 5) is 40.5. The fourth-order valence-electron chi connectivity index (χ4n) is 4.10. The first-order valence-electron chi connectivity index (χ1n) is 13.8. The highest BCUT2D eigenvalue weighted by Gasteiger charge is 2.34. The molecule has 2 aliphatic heterocycles. The highest BCUT2D eigenvalue weighted by atomic mass is 32.3. The van der Waals surface area contributed by atoms with Gasteiger partial charge in [-0.15, -0.1) is 0 Å². The molecule has 0 unspecified atom stereocenters. The molecule has 1 aromatic heterocycles. The number of anilines is 2. The molecule has 0 atom stereocenters. The third-order valence-electron chi connectivity index (χ3n) is 5.70. The number of rotatable bonds is 6. The Balaban J connectivity index is 1.48. The molecule has 3 amide bonds. The summed E-state index contributed by atoms with van der Waals surface area (Å²) >= 11 is 0. The smallest absolute Gasteiger partial charge is 0.364 e. The summed E-state index contributed by atoms with van der Waals surface area (Å²) < 4.78 is 84.8. The van der Waals surface area contributed by atoms with Crippen molar-refractivity contribution in [1.29, 1.82) is 0 Å². The van der Waals surface area contributed by atoms with Crippen molar-refractivity contribution < 1.29 is 39.8 Å². The highest BCUT2D eigenvalue weighted by molar-refractivity contribution is 7.81. The Bertz CT molecular complexity index is 1760. The van der Waals surface area contributed by atoms with Crippen LogP contribution in [-0.2, 0) is 21.6 Å². The second kappa shape index (κ2) is 9.33. The van der Waals surface area contributed by atoms with Crippen molar-refractivity contribution in [2.24, 2.45) is 5.73 Å². The van der Waals surface area contributed by atoms with E-state index in [9.17, 15) is 22.8 Å². The van der Waals surface area contributed by atoms with E-state index < -0.39 is 53.8 Å². The first-order valence-corrected chi connectivity index (χ1v) is 12.2. The molecule has 0 radical (unpaired) electrons. The van der Waals surface area contributed by atoms with Crippen LogP contribution in [0.5, 0.6) is 5.75 Å². The molecule has 2 aromatic carbocycles.